The lowest BCUT2D eigenvalue weighted by molar-refractivity contribution is -0.118. The van der Waals surface area contributed by atoms with Gasteiger partial charge in [-0.25, -0.2) is 0 Å². The maximum Gasteiger partial charge on any atom is 0.242 e. The molecule has 31 heavy (non-hydrogen) atoms. The Morgan fingerprint density at radius 3 is 2.10 bits per heavy atom. The topological polar surface area (TPSA) is 71.1 Å². The van der Waals surface area contributed by atoms with Crippen LogP contribution in [0, 0.1) is 5.41 Å². The first-order valence-electron chi connectivity index (χ1n) is 10.1. The van der Waals surface area contributed by atoms with Crippen LogP contribution in [0.25, 0.3) is 0 Å². The van der Waals surface area contributed by atoms with Gasteiger partial charge in [-0.15, -0.1) is 11.8 Å². The smallest absolute Gasteiger partial charge is 0.242 e. The zero-order valence-corrected chi connectivity index (χ0v) is 18.8. The molecule has 0 aliphatic carbocycles. The van der Waals surface area contributed by atoms with Crippen molar-refractivity contribution < 1.29 is 9.59 Å². The zero-order chi connectivity index (χ0) is 22.3. The molecule has 0 aliphatic heterocycles. The molecule has 1 atom stereocenters. The molecule has 1 unspecified atom stereocenters. The number of carbonyl (C=O) groups is 2. The first kappa shape index (κ1) is 22.6. The maximum absolute atomic E-state index is 13.1. The normalized spacial score (nSPS) is 12.1. The average molecular weight is 434 g/mol. The molecule has 0 bridgehead atoms. The highest BCUT2D eigenvalue weighted by Gasteiger charge is 2.22. The fourth-order valence-electron chi connectivity index (χ4n) is 2.98. The number of hydrogen-bond donors (Lipinski definition) is 2. The number of carbonyl (C=O) groups excluding carboxylic acids is 2. The number of nitrogens with zero attached hydrogens (tertiary/aromatic N) is 1. The van der Waals surface area contributed by atoms with Gasteiger partial charge in [-0.3, -0.25) is 14.6 Å². The van der Waals surface area contributed by atoms with Crippen molar-refractivity contribution in [1.82, 2.24) is 4.98 Å². The minimum atomic E-state index is -0.421. The Morgan fingerprint density at radius 2 is 1.48 bits per heavy atom. The van der Waals surface area contributed by atoms with Crippen LogP contribution < -0.4 is 10.6 Å². The Balaban J connectivity index is 1.72. The molecule has 0 radical (unpaired) electrons. The number of nitrogens with one attached hydrogen (secondary N) is 2. The summed E-state index contributed by atoms with van der Waals surface area (Å²) in [6.45, 7) is 6.10. The van der Waals surface area contributed by atoms with E-state index in [1.54, 1.807) is 24.5 Å². The van der Waals surface area contributed by atoms with Crippen molar-refractivity contribution in [2.24, 2.45) is 5.41 Å². The van der Waals surface area contributed by atoms with Gasteiger partial charge < -0.3 is 10.6 Å². The molecular formula is C25H27N3O2S. The van der Waals surface area contributed by atoms with Crippen LogP contribution in [-0.2, 0) is 9.59 Å². The quantitative estimate of drug-likeness (QED) is 0.453. The summed E-state index contributed by atoms with van der Waals surface area (Å²) >= 11 is 1.47. The van der Waals surface area contributed by atoms with Gasteiger partial charge in [0.1, 0.15) is 5.25 Å². The Morgan fingerprint density at radius 1 is 0.871 bits per heavy atom. The van der Waals surface area contributed by atoms with Crippen LogP contribution in [0.3, 0.4) is 0 Å². The van der Waals surface area contributed by atoms with Crippen molar-refractivity contribution in [2.45, 2.75) is 37.3 Å². The van der Waals surface area contributed by atoms with E-state index in [0.29, 0.717) is 12.1 Å². The van der Waals surface area contributed by atoms with Gasteiger partial charge in [0, 0.05) is 35.1 Å². The highest BCUT2D eigenvalue weighted by atomic mass is 32.2. The Kier molecular flexibility index (Phi) is 7.47. The second-order valence-electron chi connectivity index (χ2n) is 8.44. The summed E-state index contributed by atoms with van der Waals surface area (Å²) in [4.78, 5) is 30.1. The number of thioether (sulfide) groups is 1. The highest BCUT2D eigenvalue weighted by Crippen LogP contribution is 2.36. The van der Waals surface area contributed by atoms with Crippen LogP contribution in [0.4, 0.5) is 11.4 Å². The van der Waals surface area contributed by atoms with Gasteiger partial charge >= 0.3 is 0 Å². The molecule has 0 fully saturated rings. The summed E-state index contributed by atoms with van der Waals surface area (Å²) in [6.07, 6.45) is 3.74. The van der Waals surface area contributed by atoms with Gasteiger partial charge in [-0.05, 0) is 47.4 Å². The van der Waals surface area contributed by atoms with Crippen molar-refractivity contribution in [3.8, 4) is 0 Å². The van der Waals surface area contributed by atoms with E-state index in [0.717, 1.165) is 16.1 Å². The molecule has 1 aromatic heterocycles. The van der Waals surface area contributed by atoms with Gasteiger partial charge in [0.05, 0.1) is 0 Å². The minimum absolute atomic E-state index is 0.00760. The second kappa shape index (κ2) is 10.3. The molecule has 0 saturated heterocycles. The fourth-order valence-corrected chi connectivity index (χ4v) is 4.01. The molecule has 2 N–H and O–H groups in total. The summed E-state index contributed by atoms with van der Waals surface area (Å²) in [5, 5.41) is 5.48. The van der Waals surface area contributed by atoms with Gasteiger partial charge in [0.2, 0.25) is 11.8 Å². The van der Waals surface area contributed by atoms with E-state index in [2.05, 4.69) is 15.6 Å². The molecule has 3 rings (SSSR count). The third-order valence-corrected chi connectivity index (χ3v) is 5.64. The Hall–Kier alpha value is -3.12. The lowest BCUT2D eigenvalue weighted by Crippen LogP contribution is -2.19. The average Bonchev–Trinajstić information content (AvgIpc) is 2.73. The van der Waals surface area contributed by atoms with Crippen molar-refractivity contribution in [3.63, 3.8) is 0 Å². The Labute approximate surface area is 187 Å². The molecule has 160 valence electrons. The molecule has 0 aliphatic rings. The fraction of sp³-hybridized carbons (Fsp3) is 0.240. The van der Waals surface area contributed by atoms with Crippen molar-refractivity contribution in [2.75, 3.05) is 10.6 Å². The van der Waals surface area contributed by atoms with E-state index in [1.165, 1.54) is 11.8 Å². The predicted octanol–water partition coefficient (Wildman–Crippen LogP) is 5.93. The van der Waals surface area contributed by atoms with Crippen LogP contribution in [0.5, 0.6) is 0 Å². The second-order valence-corrected chi connectivity index (χ2v) is 9.62. The van der Waals surface area contributed by atoms with Crippen molar-refractivity contribution >= 4 is 35.0 Å². The van der Waals surface area contributed by atoms with E-state index in [9.17, 15) is 9.59 Å². The predicted molar refractivity (Wildman–Crippen MR) is 127 cm³/mol. The summed E-state index contributed by atoms with van der Waals surface area (Å²) < 4.78 is 0. The third-order valence-electron chi connectivity index (χ3n) is 4.37. The number of aromatic nitrogens is 1. The van der Waals surface area contributed by atoms with E-state index >= 15 is 0 Å². The lowest BCUT2D eigenvalue weighted by atomic mass is 9.92. The van der Waals surface area contributed by atoms with Gasteiger partial charge in [-0.2, -0.15) is 0 Å². The molecule has 1 heterocycles. The lowest BCUT2D eigenvalue weighted by Gasteiger charge is -2.18. The van der Waals surface area contributed by atoms with Crippen LogP contribution in [0.2, 0.25) is 0 Å². The molecular weight excluding hydrogens is 406 g/mol. The van der Waals surface area contributed by atoms with Crippen LogP contribution in [0.1, 0.15) is 38.0 Å². The van der Waals surface area contributed by atoms with Crippen LogP contribution >= 0.6 is 11.8 Å². The first-order chi connectivity index (χ1) is 14.8. The first-order valence-corrected chi connectivity index (χ1v) is 11.0. The molecule has 2 amide bonds. The molecule has 6 heteroatoms. The Bertz CT molecular complexity index is 1000. The molecule has 0 spiro atoms. The van der Waals surface area contributed by atoms with E-state index in [-0.39, 0.29) is 17.2 Å². The largest absolute Gasteiger partial charge is 0.326 e. The third kappa shape index (κ3) is 7.26. The zero-order valence-electron chi connectivity index (χ0n) is 18.0. The minimum Gasteiger partial charge on any atom is -0.326 e. The maximum atomic E-state index is 13.1. The number of benzene rings is 2. The number of amides is 2. The summed E-state index contributed by atoms with van der Waals surface area (Å²) in [6, 6.07) is 20.8. The summed E-state index contributed by atoms with van der Waals surface area (Å²) in [5.41, 5.74) is 2.31. The molecule has 0 saturated carbocycles. The van der Waals surface area contributed by atoms with E-state index in [1.807, 2.05) is 75.4 Å². The van der Waals surface area contributed by atoms with Crippen LogP contribution in [-0.4, -0.2) is 16.8 Å². The van der Waals surface area contributed by atoms with E-state index in [4.69, 9.17) is 0 Å². The number of pyridine rings is 1. The number of anilines is 2. The van der Waals surface area contributed by atoms with Gasteiger partial charge in [0.15, 0.2) is 0 Å². The SMILES string of the molecule is CC(C)(C)CC(=O)Nc1ccc(SC(C(=O)Nc2ccncc2)c2ccccc2)cc1. The molecule has 2 aromatic carbocycles. The molecule has 5 nitrogen and oxygen atoms in total. The molecule has 3 aromatic rings. The van der Waals surface area contributed by atoms with Crippen LogP contribution in [0.15, 0.2) is 84.0 Å². The summed E-state index contributed by atoms with van der Waals surface area (Å²) in [7, 11) is 0. The monoisotopic (exact) mass is 433 g/mol. The standard InChI is InChI=1S/C25H27N3O2S/c1-25(2,3)17-22(29)27-19-9-11-21(12-10-19)31-23(18-7-5-4-6-8-18)24(30)28-20-13-15-26-16-14-20/h4-16,23H,17H2,1-3H3,(H,27,29)(H,26,28,30). The van der Waals surface area contributed by atoms with Gasteiger partial charge in [0.25, 0.3) is 0 Å². The summed E-state index contributed by atoms with van der Waals surface area (Å²) in [5.74, 6) is -0.114. The van der Waals surface area contributed by atoms with Gasteiger partial charge in [-0.1, -0.05) is 51.1 Å². The number of rotatable bonds is 7. The highest BCUT2D eigenvalue weighted by molar-refractivity contribution is 8.00. The number of hydrogen-bond acceptors (Lipinski definition) is 4. The van der Waals surface area contributed by atoms with Crippen molar-refractivity contribution in [3.05, 3.63) is 84.7 Å². The van der Waals surface area contributed by atoms with E-state index < -0.39 is 5.25 Å². The van der Waals surface area contributed by atoms with Crippen molar-refractivity contribution in [1.29, 1.82) is 0 Å².